The Morgan fingerprint density at radius 2 is 1.86 bits per heavy atom. The van der Waals surface area contributed by atoms with Crippen LogP contribution in [-0.4, -0.2) is 22.0 Å². The van der Waals surface area contributed by atoms with Crippen LogP contribution in [0.4, 0.5) is 28.2 Å². The van der Waals surface area contributed by atoms with Crippen LogP contribution in [0.1, 0.15) is 76.3 Å². The number of halogens is 4. The Morgan fingerprint density at radius 1 is 1.19 bits per heavy atom. The molecule has 1 amide bonds. The topological polar surface area (TPSA) is 64.1 Å². The molecular formula is C27H31F4N3O2. The van der Waals surface area contributed by atoms with Gasteiger partial charge < -0.3 is 4.74 Å². The van der Waals surface area contributed by atoms with Crippen LogP contribution in [-0.2, 0) is 16.1 Å². The third-order valence-corrected chi connectivity index (χ3v) is 6.94. The molecular weight excluding hydrogens is 474 g/mol. The summed E-state index contributed by atoms with van der Waals surface area (Å²) in [6, 6.07) is 3.97. The summed E-state index contributed by atoms with van der Waals surface area (Å²) in [5.74, 6) is -7.18. The van der Waals surface area contributed by atoms with Crippen molar-refractivity contribution in [3.8, 4) is 11.3 Å². The summed E-state index contributed by atoms with van der Waals surface area (Å²) >= 11 is 0. The standard InChI is InChI=1S/C27H31F4N3O2/c1-7-12-25(8-2,9-3)20-15-17(27(30,31)16(5)6)14-19(33-20)18-11-13-32-23-21(18)22(26(28,29)10-4)36-24(35)34-23/h10-11,13-15,22H,4-5,7-9,12H2,1-3,6H3,(H,32,34,35). The molecule has 1 atom stereocenters. The van der Waals surface area contributed by atoms with Crippen LogP contribution in [0.2, 0.25) is 0 Å². The molecule has 2 aromatic rings. The molecule has 0 saturated carbocycles. The van der Waals surface area contributed by atoms with Gasteiger partial charge in [-0.15, -0.1) is 0 Å². The first kappa shape index (κ1) is 27.4. The number of aromatic nitrogens is 2. The summed E-state index contributed by atoms with van der Waals surface area (Å²) in [6.45, 7) is 13.8. The molecule has 0 radical (unpaired) electrons. The molecule has 0 spiro atoms. The minimum absolute atomic E-state index is 0.0501. The van der Waals surface area contributed by atoms with Gasteiger partial charge in [0, 0.05) is 28.4 Å². The lowest BCUT2D eigenvalue weighted by Crippen LogP contribution is -2.35. The zero-order valence-electron chi connectivity index (χ0n) is 20.9. The van der Waals surface area contributed by atoms with Gasteiger partial charge in [0.25, 0.3) is 5.92 Å². The van der Waals surface area contributed by atoms with Crippen molar-refractivity contribution in [2.24, 2.45) is 0 Å². The van der Waals surface area contributed by atoms with E-state index in [1.54, 1.807) is 0 Å². The van der Waals surface area contributed by atoms with Crippen LogP contribution in [0.15, 0.2) is 49.2 Å². The number of hydrogen-bond donors (Lipinski definition) is 1. The molecule has 0 aliphatic carbocycles. The first-order chi connectivity index (χ1) is 16.9. The molecule has 1 aliphatic heterocycles. The number of amides is 1. The number of cyclic esters (lactones) is 1. The number of carbonyl (C=O) groups excluding carboxylic acids is 1. The maximum Gasteiger partial charge on any atom is 0.413 e. The molecule has 2 aromatic heterocycles. The van der Waals surface area contributed by atoms with Crippen LogP contribution < -0.4 is 5.32 Å². The van der Waals surface area contributed by atoms with Crippen molar-refractivity contribution in [1.29, 1.82) is 0 Å². The van der Waals surface area contributed by atoms with E-state index in [4.69, 9.17) is 9.72 Å². The molecule has 1 aliphatic rings. The second-order valence-corrected chi connectivity index (χ2v) is 9.13. The number of allylic oxidation sites excluding steroid dienone is 1. The first-order valence-corrected chi connectivity index (χ1v) is 11.9. The number of nitrogens with zero attached hydrogens (tertiary/aromatic N) is 2. The van der Waals surface area contributed by atoms with E-state index in [2.05, 4.69) is 23.5 Å². The van der Waals surface area contributed by atoms with Crippen molar-refractivity contribution >= 4 is 11.9 Å². The maximum atomic E-state index is 15.3. The third-order valence-electron chi connectivity index (χ3n) is 6.94. The van der Waals surface area contributed by atoms with Crippen LogP contribution in [0.5, 0.6) is 0 Å². The van der Waals surface area contributed by atoms with Crippen LogP contribution in [0, 0.1) is 0 Å². The van der Waals surface area contributed by atoms with Gasteiger partial charge in [-0.1, -0.05) is 40.3 Å². The van der Waals surface area contributed by atoms with E-state index in [0.717, 1.165) is 6.42 Å². The maximum absolute atomic E-state index is 15.3. The summed E-state index contributed by atoms with van der Waals surface area (Å²) in [4.78, 5) is 20.7. The predicted molar refractivity (Wildman–Crippen MR) is 131 cm³/mol. The normalized spacial score (nSPS) is 16.1. The number of ether oxygens (including phenoxy) is 1. The Hall–Kier alpha value is -3.23. The van der Waals surface area contributed by atoms with E-state index in [1.165, 1.54) is 31.3 Å². The van der Waals surface area contributed by atoms with Gasteiger partial charge in [-0.05, 0) is 56.0 Å². The van der Waals surface area contributed by atoms with E-state index in [1.807, 2.05) is 20.8 Å². The number of rotatable bonds is 10. The minimum atomic E-state index is -3.65. The number of nitrogens with one attached hydrogen (secondary N) is 1. The highest BCUT2D eigenvalue weighted by Crippen LogP contribution is 2.47. The van der Waals surface area contributed by atoms with Gasteiger partial charge in [0.15, 0.2) is 6.10 Å². The van der Waals surface area contributed by atoms with Gasteiger partial charge in [-0.3, -0.25) is 10.3 Å². The average molecular weight is 506 g/mol. The highest BCUT2D eigenvalue weighted by atomic mass is 19.3. The van der Waals surface area contributed by atoms with E-state index in [9.17, 15) is 13.6 Å². The van der Waals surface area contributed by atoms with E-state index in [0.29, 0.717) is 31.0 Å². The van der Waals surface area contributed by atoms with Crippen molar-refractivity contribution in [3.63, 3.8) is 0 Å². The van der Waals surface area contributed by atoms with Gasteiger partial charge in [0.05, 0.1) is 11.3 Å². The van der Waals surface area contributed by atoms with E-state index < -0.39 is 29.5 Å². The molecule has 1 N–H and O–H groups in total. The van der Waals surface area contributed by atoms with Crippen LogP contribution in [0.3, 0.4) is 0 Å². The van der Waals surface area contributed by atoms with Crippen molar-refractivity contribution in [2.45, 2.75) is 76.7 Å². The molecule has 194 valence electrons. The van der Waals surface area contributed by atoms with Gasteiger partial charge >= 0.3 is 12.0 Å². The van der Waals surface area contributed by atoms with Crippen molar-refractivity contribution in [3.05, 3.63) is 66.0 Å². The number of carbonyl (C=O) groups is 1. The molecule has 0 saturated heterocycles. The first-order valence-electron chi connectivity index (χ1n) is 11.9. The fourth-order valence-electron chi connectivity index (χ4n) is 4.67. The molecule has 9 heteroatoms. The average Bonchev–Trinajstić information content (AvgIpc) is 2.85. The number of anilines is 1. The second-order valence-electron chi connectivity index (χ2n) is 9.13. The van der Waals surface area contributed by atoms with Crippen molar-refractivity contribution in [1.82, 2.24) is 9.97 Å². The van der Waals surface area contributed by atoms with Crippen LogP contribution in [0.25, 0.3) is 11.3 Å². The summed E-state index contributed by atoms with van der Waals surface area (Å²) in [6.07, 6.45) is 1.32. The fraction of sp³-hybridized carbons (Fsp3) is 0.444. The highest BCUT2D eigenvalue weighted by Gasteiger charge is 2.47. The Balaban J connectivity index is 2.39. The molecule has 0 aromatic carbocycles. The van der Waals surface area contributed by atoms with Gasteiger partial charge in [-0.25, -0.2) is 9.78 Å². The van der Waals surface area contributed by atoms with Crippen molar-refractivity contribution in [2.75, 3.05) is 5.32 Å². The third kappa shape index (κ3) is 4.75. The SMILES string of the molecule is C=CC(F)(F)C1OC(=O)Nc2nccc(-c3cc(C(F)(F)C(=C)C)cc(C(CC)(CC)CCC)n3)c21. The molecule has 0 bridgehead atoms. The second kappa shape index (κ2) is 10.0. The van der Waals surface area contributed by atoms with E-state index >= 15 is 8.78 Å². The fourth-order valence-corrected chi connectivity index (χ4v) is 4.67. The lowest BCUT2D eigenvalue weighted by atomic mass is 9.74. The number of pyridine rings is 2. The number of fused-ring (bicyclic) bond motifs is 1. The minimum Gasteiger partial charge on any atom is -0.434 e. The molecule has 3 rings (SSSR count). The highest BCUT2D eigenvalue weighted by molar-refractivity contribution is 5.89. The Kier molecular flexibility index (Phi) is 7.62. The van der Waals surface area contributed by atoms with Gasteiger partial charge in [0.2, 0.25) is 0 Å². The molecule has 1 unspecified atom stereocenters. The quantitative estimate of drug-likeness (QED) is 0.262. The Morgan fingerprint density at radius 3 is 2.42 bits per heavy atom. The molecule has 36 heavy (non-hydrogen) atoms. The summed E-state index contributed by atoms with van der Waals surface area (Å²) in [5, 5.41) is 2.32. The van der Waals surface area contributed by atoms with Gasteiger partial charge in [0.1, 0.15) is 5.82 Å². The molecule has 3 heterocycles. The summed E-state index contributed by atoms with van der Waals surface area (Å²) < 4.78 is 65.2. The van der Waals surface area contributed by atoms with Crippen LogP contribution >= 0.6 is 0 Å². The van der Waals surface area contributed by atoms with Crippen molar-refractivity contribution < 1.29 is 27.1 Å². The Labute approximate surface area is 208 Å². The van der Waals surface area contributed by atoms with Gasteiger partial charge in [-0.2, -0.15) is 17.6 Å². The zero-order chi connectivity index (χ0) is 26.9. The smallest absolute Gasteiger partial charge is 0.413 e. The lowest BCUT2D eigenvalue weighted by molar-refractivity contribution is -0.0757. The molecule has 0 fully saturated rings. The monoisotopic (exact) mass is 505 g/mol. The Bertz CT molecular complexity index is 1180. The predicted octanol–water partition coefficient (Wildman–Crippen LogP) is 8.09. The number of alkyl halides is 4. The largest absolute Gasteiger partial charge is 0.434 e. The number of hydrogen-bond acceptors (Lipinski definition) is 4. The molecule has 5 nitrogen and oxygen atoms in total. The summed E-state index contributed by atoms with van der Waals surface area (Å²) in [7, 11) is 0. The zero-order valence-corrected chi connectivity index (χ0v) is 20.9. The summed E-state index contributed by atoms with van der Waals surface area (Å²) in [5.41, 5.74) is -0.753. The lowest BCUT2D eigenvalue weighted by Gasteiger charge is -2.33. The van der Waals surface area contributed by atoms with E-state index in [-0.39, 0.29) is 33.8 Å².